The van der Waals surface area contributed by atoms with Crippen LogP contribution in [0, 0.1) is 5.92 Å². The summed E-state index contributed by atoms with van der Waals surface area (Å²) in [5.41, 5.74) is 5.50. The lowest BCUT2D eigenvalue weighted by atomic mass is 10.0. The maximum absolute atomic E-state index is 13.1. The molecule has 0 aliphatic carbocycles. The topological polar surface area (TPSA) is 96.8 Å². The summed E-state index contributed by atoms with van der Waals surface area (Å²) in [7, 11) is 2.02. The first kappa shape index (κ1) is 23.5. The average molecular weight is 514 g/mol. The number of hydrogen-bond donors (Lipinski definition) is 1. The molecular weight excluding hydrogens is 482 g/mol. The smallest absolute Gasteiger partial charge is 0.255 e. The summed E-state index contributed by atoms with van der Waals surface area (Å²) in [4.78, 5) is 46.3. The number of hydrogen-bond acceptors (Lipinski definition) is 6. The highest BCUT2D eigenvalue weighted by Crippen LogP contribution is 2.33. The van der Waals surface area contributed by atoms with Gasteiger partial charge in [-0.2, -0.15) is 0 Å². The largest absolute Gasteiger partial charge is 0.377 e. The highest BCUT2D eigenvalue weighted by atomic mass is 16.5. The van der Waals surface area contributed by atoms with Crippen molar-refractivity contribution in [2.75, 3.05) is 19.7 Å². The molecule has 2 bridgehead atoms. The van der Waals surface area contributed by atoms with Crippen molar-refractivity contribution in [1.29, 1.82) is 0 Å². The van der Waals surface area contributed by atoms with Crippen LogP contribution in [-0.2, 0) is 34.5 Å². The molecule has 0 saturated carbocycles. The number of rotatable bonds is 4. The Morgan fingerprint density at radius 2 is 1.97 bits per heavy atom. The molecule has 9 heteroatoms. The van der Waals surface area contributed by atoms with Crippen molar-refractivity contribution < 1.29 is 19.1 Å². The van der Waals surface area contributed by atoms with E-state index in [4.69, 9.17) is 9.72 Å². The lowest BCUT2D eigenvalue weighted by Crippen LogP contribution is -2.52. The van der Waals surface area contributed by atoms with Crippen LogP contribution in [0.15, 0.2) is 36.5 Å². The van der Waals surface area contributed by atoms with Gasteiger partial charge in [0, 0.05) is 62.4 Å². The summed E-state index contributed by atoms with van der Waals surface area (Å²) in [6.45, 7) is 4.08. The number of aryl methyl sites for hydroxylation is 1. The van der Waals surface area contributed by atoms with E-state index in [1.807, 2.05) is 25.2 Å². The molecule has 1 N–H and O–H groups in total. The van der Waals surface area contributed by atoms with Crippen molar-refractivity contribution in [3.05, 3.63) is 53.2 Å². The number of pyridine rings is 1. The highest BCUT2D eigenvalue weighted by Gasteiger charge is 2.39. The van der Waals surface area contributed by atoms with Gasteiger partial charge in [0.15, 0.2) is 0 Å². The molecule has 4 fully saturated rings. The number of piperidine rings is 1. The fourth-order valence-electron chi connectivity index (χ4n) is 6.56. The van der Waals surface area contributed by atoms with E-state index in [9.17, 15) is 14.4 Å². The van der Waals surface area contributed by atoms with E-state index >= 15 is 0 Å². The predicted octanol–water partition coefficient (Wildman–Crippen LogP) is 2.61. The third kappa shape index (κ3) is 4.01. The quantitative estimate of drug-likeness (QED) is 0.539. The fourth-order valence-corrected chi connectivity index (χ4v) is 6.56. The lowest BCUT2D eigenvalue weighted by molar-refractivity contribution is -0.136. The molecule has 3 unspecified atom stereocenters. The minimum Gasteiger partial charge on any atom is -0.377 e. The van der Waals surface area contributed by atoms with Gasteiger partial charge in [-0.3, -0.25) is 24.6 Å². The van der Waals surface area contributed by atoms with Crippen LogP contribution in [0.3, 0.4) is 0 Å². The van der Waals surface area contributed by atoms with Crippen LogP contribution in [0.2, 0.25) is 0 Å². The molecule has 7 heterocycles. The van der Waals surface area contributed by atoms with Gasteiger partial charge in [-0.05, 0) is 60.6 Å². The van der Waals surface area contributed by atoms with Crippen molar-refractivity contribution in [3.63, 3.8) is 0 Å². The van der Waals surface area contributed by atoms with E-state index in [-0.39, 0.29) is 18.2 Å². The Bertz CT molecular complexity index is 1460. The minimum atomic E-state index is -0.617. The van der Waals surface area contributed by atoms with Gasteiger partial charge < -0.3 is 14.2 Å². The molecule has 9 nitrogen and oxygen atoms in total. The number of carbonyl (C=O) groups excluding carboxylic acids is 3. The van der Waals surface area contributed by atoms with Gasteiger partial charge in [0.2, 0.25) is 11.8 Å². The Morgan fingerprint density at radius 1 is 1.08 bits per heavy atom. The number of nitrogens with one attached hydrogen (secondary N) is 1. The summed E-state index contributed by atoms with van der Waals surface area (Å²) < 4.78 is 8.09. The van der Waals surface area contributed by atoms with Gasteiger partial charge >= 0.3 is 0 Å². The van der Waals surface area contributed by atoms with Gasteiger partial charge in [0.05, 0.1) is 18.4 Å². The van der Waals surface area contributed by atoms with Crippen LogP contribution in [0.1, 0.15) is 47.2 Å². The van der Waals surface area contributed by atoms with Crippen molar-refractivity contribution in [1.82, 2.24) is 24.7 Å². The van der Waals surface area contributed by atoms with Crippen LogP contribution < -0.4 is 5.32 Å². The molecule has 0 spiro atoms. The van der Waals surface area contributed by atoms with Crippen molar-refractivity contribution in [2.45, 2.75) is 50.9 Å². The number of ether oxygens (including phenoxy) is 1. The van der Waals surface area contributed by atoms with E-state index < -0.39 is 11.9 Å². The highest BCUT2D eigenvalue weighted by molar-refractivity contribution is 6.05. The molecule has 3 aromatic rings. The third-order valence-electron chi connectivity index (χ3n) is 8.58. The maximum atomic E-state index is 13.1. The van der Waals surface area contributed by atoms with Crippen LogP contribution in [0.4, 0.5) is 0 Å². The normalized spacial score (nSPS) is 25.7. The lowest BCUT2D eigenvalue weighted by Gasteiger charge is -2.29. The van der Waals surface area contributed by atoms with Crippen molar-refractivity contribution >= 4 is 28.8 Å². The first-order valence-electron chi connectivity index (χ1n) is 13.5. The van der Waals surface area contributed by atoms with Crippen LogP contribution >= 0.6 is 0 Å². The molecule has 5 aliphatic rings. The van der Waals surface area contributed by atoms with Crippen LogP contribution in [-0.4, -0.2) is 68.9 Å². The van der Waals surface area contributed by atoms with Gasteiger partial charge in [-0.15, -0.1) is 0 Å². The summed E-state index contributed by atoms with van der Waals surface area (Å²) in [6, 6.07) is 9.54. The van der Waals surface area contributed by atoms with Crippen molar-refractivity contribution in [2.24, 2.45) is 13.0 Å². The summed E-state index contributed by atoms with van der Waals surface area (Å²) >= 11 is 0. The van der Waals surface area contributed by atoms with Crippen LogP contribution in [0.25, 0.3) is 22.3 Å². The second-order valence-electron chi connectivity index (χ2n) is 11.2. The summed E-state index contributed by atoms with van der Waals surface area (Å²) in [6.07, 6.45) is 5.37. The summed E-state index contributed by atoms with van der Waals surface area (Å²) in [5, 5.41) is 3.53. The van der Waals surface area contributed by atoms with E-state index in [2.05, 4.69) is 33.1 Å². The molecule has 0 radical (unpaired) electrons. The molecule has 3 atom stereocenters. The van der Waals surface area contributed by atoms with Crippen LogP contribution in [0.5, 0.6) is 0 Å². The average Bonchev–Trinajstić information content (AvgIpc) is 3.28. The zero-order valence-corrected chi connectivity index (χ0v) is 21.5. The Balaban J connectivity index is 1.20. The molecule has 38 heavy (non-hydrogen) atoms. The zero-order chi connectivity index (χ0) is 26.0. The third-order valence-corrected chi connectivity index (χ3v) is 8.58. The molecule has 1 aromatic carbocycles. The first-order chi connectivity index (χ1) is 18.4. The Morgan fingerprint density at radius 3 is 2.79 bits per heavy atom. The number of aromatic nitrogens is 2. The summed E-state index contributed by atoms with van der Waals surface area (Å²) in [5.74, 6) is -0.236. The van der Waals surface area contributed by atoms with E-state index in [1.165, 1.54) is 12.0 Å². The van der Waals surface area contributed by atoms with E-state index in [0.29, 0.717) is 30.6 Å². The number of fused-ring (bicyclic) bond motifs is 6. The Labute approximate surface area is 220 Å². The number of amides is 3. The van der Waals surface area contributed by atoms with Crippen molar-refractivity contribution in [3.8, 4) is 11.3 Å². The van der Waals surface area contributed by atoms with Gasteiger partial charge in [0.1, 0.15) is 11.7 Å². The SMILES string of the molecule is Cn1ccc2c(CN3CC4CCC(C3)OC4)cc(-c3ccc4c(c3)CN(C3CCC(=O)NC3=O)C4=O)nc21. The predicted molar refractivity (Wildman–Crippen MR) is 140 cm³/mol. The standard InChI is InChI=1S/C29H31N5O4/c1-32-9-8-22-20(13-33-12-17-2-4-21(15-33)38-16-17)11-24(30-27(22)32)18-3-5-23-19(10-18)14-34(29(23)37)25-6-7-26(35)31-28(25)36/h3,5,8-11,17,21,25H,2,4,6-7,12-16H2,1H3,(H,31,35,36). The maximum Gasteiger partial charge on any atom is 0.255 e. The molecule has 3 amide bonds. The first-order valence-corrected chi connectivity index (χ1v) is 13.5. The molecule has 5 aliphatic heterocycles. The minimum absolute atomic E-state index is 0.161. The number of benzene rings is 1. The molecular formula is C29H31N5O4. The Hall–Kier alpha value is -3.56. The number of nitrogens with zero attached hydrogens (tertiary/aromatic N) is 4. The van der Waals surface area contributed by atoms with E-state index in [0.717, 1.165) is 60.5 Å². The Kier molecular flexibility index (Phi) is 5.59. The van der Waals surface area contributed by atoms with Gasteiger partial charge in [-0.25, -0.2) is 4.98 Å². The zero-order valence-electron chi connectivity index (χ0n) is 21.5. The molecule has 8 rings (SSSR count). The molecule has 2 aromatic heterocycles. The number of carbonyl (C=O) groups is 3. The fraction of sp³-hybridized carbons (Fsp3) is 0.448. The second kappa shape index (κ2) is 9.03. The van der Waals surface area contributed by atoms with Gasteiger partial charge in [-0.1, -0.05) is 6.07 Å². The van der Waals surface area contributed by atoms with Gasteiger partial charge in [0.25, 0.3) is 5.91 Å². The van der Waals surface area contributed by atoms with E-state index in [1.54, 1.807) is 4.90 Å². The monoisotopic (exact) mass is 513 g/mol. The number of imide groups is 1. The molecule has 196 valence electrons. The molecule has 4 saturated heterocycles. The second-order valence-corrected chi connectivity index (χ2v) is 11.2.